The first-order valence-electron chi connectivity index (χ1n) is 8.10. The van der Waals surface area contributed by atoms with E-state index in [-0.39, 0.29) is 0 Å². The van der Waals surface area contributed by atoms with Gasteiger partial charge in [-0.05, 0) is 57.7 Å². The summed E-state index contributed by atoms with van der Waals surface area (Å²) in [5.74, 6) is 3.08. The summed E-state index contributed by atoms with van der Waals surface area (Å²) >= 11 is 0. The van der Waals surface area contributed by atoms with E-state index in [0.29, 0.717) is 5.92 Å². The number of piperidine rings is 1. The smallest absolute Gasteiger partial charge is 0.240 e. The third kappa shape index (κ3) is 3.79. The summed E-state index contributed by atoms with van der Waals surface area (Å²) in [5, 5.41) is 7.64. The van der Waals surface area contributed by atoms with Crippen LogP contribution in [0.25, 0.3) is 0 Å². The van der Waals surface area contributed by atoms with Gasteiger partial charge in [0.05, 0.1) is 6.54 Å². The van der Waals surface area contributed by atoms with Crippen molar-refractivity contribution in [1.82, 2.24) is 20.4 Å². The minimum Gasteiger partial charge on any atom is -0.338 e. The third-order valence-corrected chi connectivity index (χ3v) is 4.25. The van der Waals surface area contributed by atoms with Gasteiger partial charge in [-0.25, -0.2) is 0 Å². The van der Waals surface area contributed by atoms with Crippen LogP contribution in [0.4, 0.5) is 0 Å². The highest BCUT2D eigenvalue weighted by Gasteiger charge is 2.29. The molecule has 5 heteroatoms. The van der Waals surface area contributed by atoms with Crippen molar-refractivity contribution in [3.05, 3.63) is 11.7 Å². The summed E-state index contributed by atoms with van der Waals surface area (Å²) in [5.41, 5.74) is 0. The molecule has 1 unspecified atom stereocenters. The van der Waals surface area contributed by atoms with Gasteiger partial charge in [-0.1, -0.05) is 12.1 Å². The number of aromatic nitrogens is 2. The van der Waals surface area contributed by atoms with Crippen LogP contribution in [-0.4, -0.2) is 41.2 Å². The van der Waals surface area contributed by atoms with Gasteiger partial charge in [0.25, 0.3) is 0 Å². The lowest BCUT2D eigenvalue weighted by Crippen LogP contribution is -2.39. The maximum absolute atomic E-state index is 5.38. The molecule has 1 saturated heterocycles. The molecule has 1 aromatic heterocycles. The van der Waals surface area contributed by atoms with Gasteiger partial charge in [0.1, 0.15) is 0 Å². The molecule has 112 valence electrons. The quantitative estimate of drug-likeness (QED) is 0.775. The molecule has 2 aliphatic rings. The fraction of sp³-hybridized carbons (Fsp3) is 0.867. The van der Waals surface area contributed by atoms with Crippen LogP contribution in [0.3, 0.4) is 0 Å². The van der Waals surface area contributed by atoms with E-state index in [1.807, 2.05) is 0 Å². The molecule has 1 aliphatic heterocycles. The summed E-state index contributed by atoms with van der Waals surface area (Å²) in [6.07, 6.45) is 6.29. The SMILES string of the molecule is CCCNCC1CCCN(Cc2nc(C3CC3)no2)C1. The summed E-state index contributed by atoms with van der Waals surface area (Å²) in [6, 6.07) is 0. The van der Waals surface area contributed by atoms with Gasteiger partial charge in [0, 0.05) is 12.5 Å². The van der Waals surface area contributed by atoms with E-state index < -0.39 is 0 Å². The Morgan fingerprint density at radius 3 is 3.05 bits per heavy atom. The first-order chi connectivity index (χ1) is 9.85. The Kier molecular flexibility index (Phi) is 4.68. The number of nitrogens with zero attached hydrogens (tertiary/aromatic N) is 3. The van der Waals surface area contributed by atoms with Gasteiger partial charge >= 0.3 is 0 Å². The van der Waals surface area contributed by atoms with Gasteiger partial charge in [-0.3, -0.25) is 4.90 Å². The van der Waals surface area contributed by atoms with Crippen LogP contribution in [0.2, 0.25) is 0 Å². The van der Waals surface area contributed by atoms with Crippen molar-refractivity contribution in [2.45, 2.75) is 51.5 Å². The van der Waals surface area contributed by atoms with Crippen LogP contribution in [0.5, 0.6) is 0 Å². The average Bonchev–Trinajstić information content (AvgIpc) is 3.21. The number of nitrogens with one attached hydrogen (secondary N) is 1. The highest BCUT2D eigenvalue weighted by molar-refractivity contribution is 5.03. The third-order valence-electron chi connectivity index (χ3n) is 4.25. The molecule has 3 rings (SSSR count). The molecular formula is C15H26N4O. The van der Waals surface area contributed by atoms with Crippen molar-refractivity contribution in [3.8, 4) is 0 Å². The van der Waals surface area contributed by atoms with Gasteiger partial charge in [0.15, 0.2) is 5.82 Å². The zero-order valence-corrected chi connectivity index (χ0v) is 12.5. The Labute approximate surface area is 121 Å². The summed E-state index contributed by atoms with van der Waals surface area (Å²) in [6.45, 7) is 7.62. The van der Waals surface area contributed by atoms with Crippen molar-refractivity contribution in [3.63, 3.8) is 0 Å². The van der Waals surface area contributed by atoms with Gasteiger partial charge in [-0.2, -0.15) is 4.98 Å². The van der Waals surface area contributed by atoms with Crippen LogP contribution in [0.1, 0.15) is 56.7 Å². The van der Waals surface area contributed by atoms with Gasteiger partial charge in [-0.15, -0.1) is 0 Å². The molecule has 1 atom stereocenters. The molecule has 1 aromatic rings. The first-order valence-corrected chi connectivity index (χ1v) is 8.10. The van der Waals surface area contributed by atoms with E-state index in [1.165, 1.54) is 32.1 Å². The molecule has 0 spiro atoms. The molecule has 0 radical (unpaired) electrons. The lowest BCUT2D eigenvalue weighted by Gasteiger charge is -2.31. The Hall–Kier alpha value is -0.940. The second kappa shape index (κ2) is 6.68. The van der Waals surface area contributed by atoms with Crippen molar-refractivity contribution in [2.24, 2.45) is 5.92 Å². The minimum atomic E-state index is 0.583. The Bertz CT molecular complexity index is 416. The van der Waals surface area contributed by atoms with E-state index in [2.05, 4.69) is 27.3 Å². The number of likely N-dealkylation sites (tertiary alicyclic amines) is 1. The summed E-state index contributed by atoms with van der Waals surface area (Å²) < 4.78 is 5.38. The minimum absolute atomic E-state index is 0.583. The summed E-state index contributed by atoms with van der Waals surface area (Å²) in [7, 11) is 0. The highest BCUT2D eigenvalue weighted by atomic mass is 16.5. The van der Waals surface area contributed by atoms with E-state index in [1.54, 1.807) is 0 Å². The topological polar surface area (TPSA) is 54.2 Å². The van der Waals surface area contributed by atoms with E-state index >= 15 is 0 Å². The normalized spacial score (nSPS) is 24.1. The van der Waals surface area contributed by atoms with Gasteiger partial charge < -0.3 is 9.84 Å². The van der Waals surface area contributed by atoms with Crippen molar-refractivity contribution in [2.75, 3.05) is 26.2 Å². The number of rotatable bonds is 7. The Balaban J connectivity index is 1.46. The highest BCUT2D eigenvalue weighted by Crippen LogP contribution is 2.38. The molecule has 1 N–H and O–H groups in total. The number of hydrogen-bond donors (Lipinski definition) is 1. The lowest BCUT2D eigenvalue weighted by atomic mass is 9.98. The molecule has 1 saturated carbocycles. The molecule has 0 aromatic carbocycles. The predicted molar refractivity (Wildman–Crippen MR) is 77.4 cm³/mol. The van der Waals surface area contributed by atoms with Crippen LogP contribution in [0, 0.1) is 5.92 Å². The van der Waals surface area contributed by atoms with E-state index in [0.717, 1.165) is 50.4 Å². The number of hydrogen-bond acceptors (Lipinski definition) is 5. The van der Waals surface area contributed by atoms with Crippen LogP contribution >= 0.6 is 0 Å². The summed E-state index contributed by atoms with van der Waals surface area (Å²) in [4.78, 5) is 7.00. The zero-order valence-electron chi connectivity index (χ0n) is 12.5. The van der Waals surface area contributed by atoms with Crippen molar-refractivity contribution in [1.29, 1.82) is 0 Å². The Morgan fingerprint density at radius 2 is 2.25 bits per heavy atom. The molecule has 5 nitrogen and oxygen atoms in total. The van der Waals surface area contributed by atoms with Crippen molar-refractivity contribution < 1.29 is 4.52 Å². The van der Waals surface area contributed by atoms with Crippen LogP contribution in [0.15, 0.2) is 4.52 Å². The largest absolute Gasteiger partial charge is 0.338 e. The maximum atomic E-state index is 5.38. The lowest BCUT2D eigenvalue weighted by molar-refractivity contribution is 0.148. The molecule has 0 bridgehead atoms. The van der Waals surface area contributed by atoms with Crippen LogP contribution in [-0.2, 0) is 6.54 Å². The maximum Gasteiger partial charge on any atom is 0.240 e. The second-order valence-electron chi connectivity index (χ2n) is 6.27. The molecular weight excluding hydrogens is 252 g/mol. The molecule has 20 heavy (non-hydrogen) atoms. The monoisotopic (exact) mass is 278 g/mol. The molecule has 0 amide bonds. The van der Waals surface area contributed by atoms with Gasteiger partial charge in [0.2, 0.25) is 5.89 Å². The Morgan fingerprint density at radius 1 is 1.35 bits per heavy atom. The predicted octanol–water partition coefficient (Wildman–Crippen LogP) is 2.16. The molecule has 2 heterocycles. The zero-order chi connectivity index (χ0) is 13.8. The average molecular weight is 278 g/mol. The second-order valence-corrected chi connectivity index (χ2v) is 6.27. The standard InChI is InChI=1S/C15H26N4O/c1-2-7-16-9-12-4-3-8-19(10-12)11-14-17-15(18-20-14)13-5-6-13/h12-13,16H,2-11H2,1H3. The molecule has 2 fully saturated rings. The molecule has 1 aliphatic carbocycles. The first kappa shape index (κ1) is 14.0. The van der Waals surface area contributed by atoms with Crippen molar-refractivity contribution >= 4 is 0 Å². The van der Waals surface area contributed by atoms with E-state index in [4.69, 9.17) is 4.52 Å². The fourth-order valence-electron chi connectivity index (χ4n) is 2.98. The fourth-order valence-corrected chi connectivity index (χ4v) is 2.98. The van der Waals surface area contributed by atoms with Crippen LogP contribution < -0.4 is 5.32 Å². The van der Waals surface area contributed by atoms with E-state index in [9.17, 15) is 0 Å².